The summed E-state index contributed by atoms with van der Waals surface area (Å²) in [5, 5.41) is 3.14. The average Bonchev–Trinajstić information content (AvgIpc) is 3.29. The highest BCUT2D eigenvalue weighted by atomic mass is 16.5. The highest BCUT2D eigenvalue weighted by molar-refractivity contribution is 6.11. The Balaban J connectivity index is 2.15. The van der Waals surface area contributed by atoms with Crippen LogP contribution in [-0.4, -0.2) is 25.4 Å². The standard InChI is InChI=1S/C15H17NO3/c1-19-14(18)15(13(17)11-6-7-11)12-5-3-2-4-10(12)8-9-16-15/h2-5,11,16H,6-9H2,1H3. The van der Waals surface area contributed by atoms with Gasteiger partial charge in [-0.15, -0.1) is 0 Å². The number of methoxy groups -OCH3 is 1. The number of hydrogen-bond acceptors (Lipinski definition) is 4. The predicted octanol–water partition coefficient (Wildman–Crippen LogP) is 1.18. The third kappa shape index (κ3) is 1.78. The fourth-order valence-electron chi connectivity index (χ4n) is 2.89. The second-order valence-corrected chi connectivity index (χ2v) is 5.21. The average molecular weight is 259 g/mol. The van der Waals surface area contributed by atoms with Gasteiger partial charge < -0.3 is 4.74 Å². The van der Waals surface area contributed by atoms with Crippen LogP contribution in [0, 0.1) is 5.92 Å². The van der Waals surface area contributed by atoms with E-state index < -0.39 is 11.5 Å². The van der Waals surface area contributed by atoms with E-state index in [0.717, 1.165) is 30.4 Å². The first kappa shape index (κ1) is 12.4. The van der Waals surface area contributed by atoms with Gasteiger partial charge in [0.15, 0.2) is 5.78 Å². The first-order chi connectivity index (χ1) is 9.20. The SMILES string of the molecule is COC(=O)C1(C(=O)C2CC2)NCCc2ccccc21. The quantitative estimate of drug-likeness (QED) is 0.654. The van der Waals surface area contributed by atoms with Gasteiger partial charge in [0.25, 0.3) is 0 Å². The first-order valence-corrected chi connectivity index (χ1v) is 6.66. The molecule has 1 N–H and O–H groups in total. The lowest BCUT2D eigenvalue weighted by Gasteiger charge is -2.36. The molecule has 0 radical (unpaired) electrons. The minimum Gasteiger partial charge on any atom is -0.467 e. The van der Waals surface area contributed by atoms with Crippen molar-refractivity contribution >= 4 is 11.8 Å². The highest BCUT2D eigenvalue weighted by Crippen LogP contribution is 2.40. The Labute approximate surface area is 112 Å². The van der Waals surface area contributed by atoms with Crippen LogP contribution < -0.4 is 5.32 Å². The summed E-state index contributed by atoms with van der Waals surface area (Å²) in [6.45, 7) is 0.616. The van der Waals surface area contributed by atoms with Crippen LogP contribution in [0.1, 0.15) is 24.0 Å². The lowest BCUT2D eigenvalue weighted by atomic mass is 9.77. The fraction of sp³-hybridized carbons (Fsp3) is 0.467. The lowest BCUT2D eigenvalue weighted by molar-refractivity contribution is -0.154. The van der Waals surface area contributed by atoms with E-state index in [1.54, 1.807) is 0 Å². The number of ether oxygens (including phenoxy) is 1. The Morgan fingerprint density at radius 2 is 2.05 bits per heavy atom. The van der Waals surface area contributed by atoms with Crippen molar-refractivity contribution in [3.05, 3.63) is 35.4 Å². The molecule has 0 spiro atoms. The Hall–Kier alpha value is -1.68. The topological polar surface area (TPSA) is 55.4 Å². The Morgan fingerprint density at radius 1 is 1.32 bits per heavy atom. The van der Waals surface area contributed by atoms with Crippen molar-refractivity contribution < 1.29 is 14.3 Å². The zero-order valence-corrected chi connectivity index (χ0v) is 10.9. The van der Waals surface area contributed by atoms with E-state index in [1.807, 2.05) is 24.3 Å². The van der Waals surface area contributed by atoms with Crippen LogP contribution in [0.4, 0.5) is 0 Å². The number of hydrogen-bond donors (Lipinski definition) is 1. The lowest BCUT2D eigenvalue weighted by Crippen LogP contribution is -2.59. The number of carbonyl (C=O) groups is 2. The number of fused-ring (bicyclic) bond motifs is 1. The van der Waals surface area contributed by atoms with Gasteiger partial charge >= 0.3 is 5.97 Å². The van der Waals surface area contributed by atoms with E-state index in [4.69, 9.17) is 4.74 Å². The van der Waals surface area contributed by atoms with Crippen molar-refractivity contribution in [1.29, 1.82) is 0 Å². The number of ketones is 1. The smallest absolute Gasteiger partial charge is 0.338 e. The van der Waals surface area contributed by atoms with E-state index >= 15 is 0 Å². The Morgan fingerprint density at radius 3 is 2.74 bits per heavy atom. The maximum atomic E-state index is 12.7. The number of benzene rings is 1. The van der Waals surface area contributed by atoms with Crippen LogP contribution in [0.3, 0.4) is 0 Å². The molecule has 1 aliphatic heterocycles. The maximum absolute atomic E-state index is 12.7. The molecule has 0 saturated heterocycles. The summed E-state index contributed by atoms with van der Waals surface area (Å²) in [6, 6.07) is 7.64. The van der Waals surface area contributed by atoms with E-state index in [9.17, 15) is 9.59 Å². The van der Waals surface area contributed by atoms with Crippen LogP contribution >= 0.6 is 0 Å². The molecule has 2 aliphatic rings. The summed E-state index contributed by atoms with van der Waals surface area (Å²) < 4.78 is 4.93. The number of esters is 1. The van der Waals surface area contributed by atoms with Gasteiger partial charge in [0, 0.05) is 12.5 Å². The summed E-state index contributed by atoms with van der Waals surface area (Å²) in [6.07, 6.45) is 2.58. The molecule has 1 heterocycles. The van der Waals surface area contributed by atoms with E-state index in [0.29, 0.717) is 6.54 Å². The number of carbonyl (C=O) groups excluding carboxylic acids is 2. The summed E-state index contributed by atoms with van der Waals surface area (Å²) in [5.74, 6) is -0.527. The molecule has 100 valence electrons. The van der Waals surface area contributed by atoms with Gasteiger partial charge in [0.05, 0.1) is 7.11 Å². The molecule has 1 unspecified atom stereocenters. The highest BCUT2D eigenvalue weighted by Gasteiger charge is 2.54. The minimum absolute atomic E-state index is 0.00208. The Kier molecular flexibility index (Phi) is 2.90. The molecule has 1 aromatic rings. The van der Waals surface area contributed by atoms with Crippen molar-refractivity contribution in [3.8, 4) is 0 Å². The molecule has 1 fully saturated rings. The second-order valence-electron chi connectivity index (χ2n) is 5.21. The van der Waals surface area contributed by atoms with Gasteiger partial charge in [-0.2, -0.15) is 0 Å². The third-order valence-corrected chi connectivity index (χ3v) is 4.02. The fourth-order valence-corrected chi connectivity index (χ4v) is 2.89. The zero-order valence-electron chi connectivity index (χ0n) is 10.9. The van der Waals surface area contributed by atoms with Crippen LogP contribution in [0.5, 0.6) is 0 Å². The van der Waals surface area contributed by atoms with Crippen LogP contribution in [0.25, 0.3) is 0 Å². The van der Waals surface area contributed by atoms with E-state index in [1.165, 1.54) is 7.11 Å². The number of nitrogens with one attached hydrogen (secondary N) is 1. The van der Waals surface area contributed by atoms with Crippen molar-refractivity contribution in [2.24, 2.45) is 5.92 Å². The molecule has 1 aliphatic carbocycles. The van der Waals surface area contributed by atoms with E-state index in [-0.39, 0.29) is 11.7 Å². The van der Waals surface area contributed by atoms with Crippen LogP contribution in [0.2, 0.25) is 0 Å². The van der Waals surface area contributed by atoms with Gasteiger partial charge in [-0.1, -0.05) is 24.3 Å². The number of Topliss-reactive ketones (excluding diaryl/α,β-unsaturated/α-hetero) is 1. The van der Waals surface area contributed by atoms with Crippen molar-refractivity contribution in [2.45, 2.75) is 24.8 Å². The summed E-state index contributed by atoms with van der Waals surface area (Å²) >= 11 is 0. The molecule has 1 aromatic carbocycles. The van der Waals surface area contributed by atoms with Gasteiger partial charge in [0.2, 0.25) is 5.54 Å². The second kappa shape index (κ2) is 4.46. The van der Waals surface area contributed by atoms with E-state index in [2.05, 4.69) is 5.32 Å². The third-order valence-electron chi connectivity index (χ3n) is 4.02. The van der Waals surface area contributed by atoms with Crippen LogP contribution in [-0.2, 0) is 26.3 Å². The molecule has 4 heteroatoms. The largest absolute Gasteiger partial charge is 0.467 e. The molecule has 19 heavy (non-hydrogen) atoms. The number of rotatable bonds is 3. The maximum Gasteiger partial charge on any atom is 0.338 e. The van der Waals surface area contributed by atoms with Gasteiger partial charge in [-0.3, -0.25) is 10.1 Å². The minimum atomic E-state index is -1.29. The van der Waals surface area contributed by atoms with Crippen molar-refractivity contribution in [2.75, 3.05) is 13.7 Å². The molecule has 0 aromatic heterocycles. The van der Waals surface area contributed by atoms with Crippen molar-refractivity contribution in [1.82, 2.24) is 5.32 Å². The molecule has 3 rings (SSSR count). The van der Waals surface area contributed by atoms with Gasteiger partial charge in [0.1, 0.15) is 0 Å². The molecular formula is C15H17NO3. The zero-order chi connectivity index (χ0) is 13.5. The molecule has 4 nitrogen and oxygen atoms in total. The molecule has 1 atom stereocenters. The van der Waals surface area contributed by atoms with Crippen molar-refractivity contribution in [3.63, 3.8) is 0 Å². The summed E-state index contributed by atoms with van der Waals surface area (Å²) in [7, 11) is 1.34. The first-order valence-electron chi connectivity index (χ1n) is 6.66. The molecule has 1 saturated carbocycles. The normalized spacial score (nSPS) is 25.5. The summed E-state index contributed by atoms with van der Waals surface area (Å²) in [5.41, 5.74) is 0.538. The summed E-state index contributed by atoms with van der Waals surface area (Å²) in [4.78, 5) is 25.0. The van der Waals surface area contributed by atoms with Crippen LogP contribution in [0.15, 0.2) is 24.3 Å². The predicted molar refractivity (Wildman–Crippen MR) is 69.6 cm³/mol. The monoisotopic (exact) mass is 259 g/mol. The molecular weight excluding hydrogens is 242 g/mol. The Bertz CT molecular complexity index is 536. The van der Waals surface area contributed by atoms with Gasteiger partial charge in [-0.05, 0) is 30.4 Å². The molecule has 0 bridgehead atoms. The molecule has 0 amide bonds. The van der Waals surface area contributed by atoms with Gasteiger partial charge in [-0.25, -0.2) is 4.79 Å².